The highest BCUT2D eigenvalue weighted by molar-refractivity contribution is 6.30. The van der Waals surface area contributed by atoms with Gasteiger partial charge in [0.15, 0.2) is 6.61 Å². The molecular weight excluding hydrogens is 599 g/mol. The Hall–Kier alpha value is -3.68. The minimum absolute atomic E-state index is 0.119. The molecule has 1 N–H and O–H groups in total. The number of piperidine rings is 1. The largest absolute Gasteiger partial charge is 0.490 e. The molecule has 43 heavy (non-hydrogen) atoms. The Balaban J connectivity index is 1.31. The summed E-state index contributed by atoms with van der Waals surface area (Å²) in [6.07, 6.45) is 1.44. The molecule has 2 aliphatic rings. The van der Waals surface area contributed by atoms with Crippen molar-refractivity contribution in [1.82, 2.24) is 20.2 Å². The molecule has 1 saturated heterocycles. The molecule has 228 valence electrons. The zero-order valence-corrected chi connectivity index (χ0v) is 23.6. The Labute approximate surface area is 248 Å². The standard InChI is InChI=1S/C29H26ClF5N4O4/c1-27(19-10-21(31)25(30)22(32)11-19,38-24(40)16-42-26(41)29(33,34)35)23-3-2-17(12-37-23)14-39-8-5-28(6-9-39)20-13-36-7-4-18(20)15-43-28/h2-4,7,10-13H,5-6,8-9,14-16H2,1H3,(H,38,40). The normalized spacial score (nSPS) is 17.7. The fourth-order valence-electron chi connectivity index (χ4n) is 5.47. The number of alkyl halides is 3. The van der Waals surface area contributed by atoms with Gasteiger partial charge in [-0.05, 0) is 60.7 Å². The molecule has 0 aliphatic carbocycles. The van der Waals surface area contributed by atoms with E-state index in [4.69, 9.17) is 16.3 Å². The molecule has 0 bridgehead atoms. The summed E-state index contributed by atoms with van der Waals surface area (Å²) in [6, 6.07) is 7.00. The van der Waals surface area contributed by atoms with E-state index < -0.39 is 46.9 Å². The zero-order valence-electron chi connectivity index (χ0n) is 22.8. The van der Waals surface area contributed by atoms with E-state index in [0.717, 1.165) is 54.8 Å². The molecule has 1 amide bonds. The molecule has 1 unspecified atom stereocenters. The van der Waals surface area contributed by atoms with E-state index >= 15 is 0 Å². The minimum atomic E-state index is -5.30. The number of amides is 1. The first-order valence-corrected chi connectivity index (χ1v) is 13.6. The summed E-state index contributed by atoms with van der Waals surface area (Å²) < 4.78 is 76.6. The summed E-state index contributed by atoms with van der Waals surface area (Å²) in [6.45, 7) is 2.69. The van der Waals surface area contributed by atoms with Crippen LogP contribution in [0.15, 0.2) is 48.9 Å². The van der Waals surface area contributed by atoms with Crippen LogP contribution in [0.5, 0.6) is 0 Å². The summed E-state index contributed by atoms with van der Waals surface area (Å²) in [5.41, 5.74) is 0.993. The zero-order chi connectivity index (χ0) is 31.0. The summed E-state index contributed by atoms with van der Waals surface area (Å²) >= 11 is 5.62. The van der Waals surface area contributed by atoms with Crippen LogP contribution in [0.2, 0.25) is 5.02 Å². The molecule has 5 rings (SSSR count). The first-order chi connectivity index (χ1) is 20.3. The lowest BCUT2D eigenvalue weighted by Crippen LogP contribution is -2.47. The van der Waals surface area contributed by atoms with Crippen molar-refractivity contribution < 1.29 is 41.0 Å². The van der Waals surface area contributed by atoms with Crippen LogP contribution in [0.3, 0.4) is 0 Å². The van der Waals surface area contributed by atoms with Crippen LogP contribution in [0.4, 0.5) is 22.0 Å². The first kappa shape index (κ1) is 30.8. The molecule has 1 atom stereocenters. The maximum Gasteiger partial charge on any atom is 0.490 e. The third kappa shape index (κ3) is 6.34. The first-order valence-electron chi connectivity index (χ1n) is 13.3. The number of nitrogens with one attached hydrogen (secondary N) is 1. The Kier molecular flexibility index (Phi) is 8.43. The van der Waals surface area contributed by atoms with E-state index in [1.165, 1.54) is 13.0 Å². The van der Waals surface area contributed by atoms with Gasteiger partial charge in [-0.3, -0.25) is 19.7 Å². The average Bonchev–Trinajstić information content (AvgIpc) is 3.33. The van der Waals surface area contributed by atoms with Crippen LogP contribution in [-0.4, -0.2) is 52.6 Å². The van der Waals surface area contributed by atoms with Crippen LogP contribution in [-0.2, 0) is 43.4 Å². The van der Waals surface area contributed by atoms with Crippen molar-refractivity contribution in [2.45, 2.75) is 50.2 Å². The second-order valence-electron chi connectivity index (χ2n) is 10.6. The van der Waals surface area contributed by atoms with Crippen molar-refractivity contribution >= 4 is 23.5 Å². The van der Waals surface area contributed by atoms with Gasteiger partial charge in [-0.15, -0.1) is 0 Å². The number of benzene rings is 1. The Morgan fingerprint density at radius 3 is 2.44 bits per heavy atom. The predicted molar refractivity (Wildman–Crippen MR) is 142 cm³/mol. The summed E-state index contributed by atoms with van der Waals surface area (Å²) in [4.78, 5) is 34.5. The van der Waals surface area contributed by atoms with Gasteiger partial charge < -0.3 is 14.8 Å². The maximum absolute atomic E-state index is 14.4. The molecule has 1 aromatic carbocycles. The molecule has 2 aromatic heterocycles. The van der Waals surface area contributed by atoms with Gasteiger partial charge in [-0.2, -0.15) is 13.2 Å². The highest BCUT2D eigenvalue weighted by Gasteiger charge is 2.43. The lowest BCUT2D eigenvalue weighted by Gasteiger charge is -2.39. The molecule has 2 aliphatic heterocycles. The van der Waals surface area contributed by atoms with Crippen LogP contribution in [0.25, 0.3) is 0 Å². The van der Waals surface area contributed by atoms with Crippen molar-refractivity contribution in [3.05, 3.63) is 93.5 Å². The number of hydrogen-bond donors (Lipinski definition) is 1. The number of halogens is 6. The van der Waals surface area contributed by atoms with E-state index in [1.807, 2.05) is 12.3 Å². The number of ether oxygens (including phenoxy) is 2. The quantitative estimate of drug-likeness (QED) is 0.227. The van der Waals surface area contributed by atoms with Gasteiger partial charge in [0.2, 0.25) is 0 Å². The van der Waals surface area contributed by atoms with E-state index in [-0.39, 0.29) is 16.9 Å². The van der Waals surface area contributed by atoms with Crippen molar-refractivity contribution in [3.8, 4) is 0 Å². The Morgan fingerprint density at radius 2 is 1.81 bits per heavy atom. The number of pyridine rings is 2. The molecule has 1 fully saturated rings. The molecule has 8 nitrogen and oxygen atoms in total. The summed E-state index contributed by atoms with van der Waals surface area (Å²) in [7, 11) is 0. The number of rotatable bonds is 7. The number of fused-ring (bicyclic) bond motifs is 2. The summed E-state index contributed by atoms with van der Waals surface area (Å²) in [5.74, 6) is -5.95. The molecule has 0 radical (unpaired) electrons. The van der Waals surface area contributed by atoms with Gasteiger partial charge in [-0.25, -0.2) is 13.6 Å². The van der Waals surface area contributed by atoms with Gasteiger partial charge in [0.25, 0.3) is 5.91 Å². The topological polar surface area (TPSA) is 93.7 Å². The predicted octanol–water partition coefficient (Wildman–Crippen LogP) is 4.91. The fourth-order valence-corrected chi connectivity index (χ4v) is 5.58. The number of carbonyl (C=O) groups excluding carboxylic acids is 2. The van der Waals surface area contributed by atoms with Crippen LogP contribution >= 0.6 is 11.6 Å². The SMILES string of the molecule is CC(NC(=O)COC(=O)C(F)(F)F)(c1cc(F)c(Cl)c(F)c1)c1ccc(CN2CCC3(CC2)OCc2ccncc23)cn1. The third-order valence-electron chi connectivity index (χ3n) is 7.83. The van der Waals surface area contributed by atoms with Gasteiger partial charge in [0.05, 0.1) is 17.9 Å². The number of esters is 1. The molecule has 4 heterocycles. The van der Waals surface area contributed by atoms with E-state index in [9.17, 15) is 31.5 Å². The number of aromatic nitrogens is 2. The lowest BCUT2D eigenvalue weighted by molar-refractivity contribution is -0.200. The van der Waals surface area contributed by atoms with E-state index in [1.54, 1.807) is 18.5 Å². The molecule has 1 spiro atoms. The minimum Gasteiger partial charge on any atom is -0.449 e. The summed E-state index contributed by atoms with van der Waals surface area (Å²) in [5, 5.41) is 1.62. The van der Waals surface area contributed by atoms with Crippen molar-refractivity contribution in [3.63, 3.8) is 0 Å². The molecular formula is C29H26ClF5N4O4. The molecule has 3 aromatic rings. The molecule has 0 saturated carbocycles. The van der Waals surface area contributed by atoms with Crippen LogP contribution < -0.4 is 5.32 Å². The third-order valence-corrected chi connectivity index (χ3v) is 8.19. The van der Waals surface area contributed by atoms with Gasteiger partial charge >= 0.3 is 12.1 Å². The molecule has 14 heteroatoms. The van der Waals surface area contributed by atoms with E-state index in [2.05, 4.69) is 24.9 Å². The average molecular weight is 625 g/mol. The fraction of sp³-hybridized carbons (Fsp3) is 0.379. The number of hydrogen-bond acceptors (Lipinski definition) is 7. The number of likely N-dealkylation sites (tertiary alicyclic amines) is 1. The van der Waals surface area contributed by atoms with Crippen LogP contribution in [0.1, 0.15) is 47.7 Å². The second kappa shape index (κ2) is 11.8. The lowest BCUT2D eigenvalue weighted by atomic mass is 9.84. The van der Waals surface area contributed by atoms with Gasteiger partial charge in [0, 0.05) is 43.8 Å². The number of carbonyl (C=O) groups is 2. The van der Waals surface area contributed by atoms with Gasteiger partial charge in [0.1, 0.15) is 22.2 Å². The monoisotopic (exact) mass is 624 g/mol. The van der Waals surface area contributed by atoms with Crippen molar-refractivity contribution in [2.24, 2.45) is 0 Å². The smallest absolute Gasteiger partial charge is 0.449 e. The highest BCUT2D eigenvalue weighted by Crippen LogP contribution is 2.44. The maximum atomic E-state index is 14.4. The van der Waals surface area contributed by atoms with Crippen molar-refractivity contribution in [1.29, 1.82) is 0 Å². The second-order valence-corrected chi connectivity index (χ2v) is 11.0. The number of nitrogens with zero attached hydrogens (tertiary/aromatic N) is 3. The van der Waals surface area contributed by atoms with E-state index in [0.29, 0.717) is 13.2 Å². The van der Waals surface area contributed by atoms with Crippen LogP contribution in [0, 0.1) is 11.6 Å². The highest BCUT2D eigenvalue weighted by atomic mass is 35.5. The van der Waals surface area contributed by atoms with Gasteiger partial charge in [-0.1, -0.05) is 17.7 Å². The Bertz CT molecular complexity index is 1510. The van der Waals surface area contributed by atoms with Crippen molar-refractivity contribution in [2.75, 3.05) is 19.7 Å². The Morgan fingerprint density at radius 1 is 1.12 bits per heavy atom.